The largest absolute Gasteiger partial charge is 0.496 e. The van der Waals surface area contributed by atoms with Crippen LogP contribution < -0.4 is 33.7 Å². The lowest BCUT2D eigenvalue weighted by Gasteiger charge is -2.38. The number of benzene rings is 5. The topological polar surface area (TPSA) is 72.5 Å². The van der Waals surface area contributed by atoms with E-state index < -0.39 is 18.5 Å². The smallest absolute Gasteiger partial charge is 0.138 e. The molecule has 0 amide bonds. The Balaban J connectivity index is 2.01. The van der Waals surface area contributed by atoms with Crippen molar-refractivity contribution in [3.05, 3.63) is 138 Å². The standard InChI is InChI=1S/C38H39O7P/c1-40-28-22-31(42-3)35(32(23-28)43-4)37(26-16-10-7-11-17-26)46(39,30-20-14-9-15-21-30)38(27-18-12-8-13-19-27)36-33(44-5)24-29(41-2)25-34(36)45-6/h7-25,37-38H,1-6H3. The molecule has 0 spiro atoms. The summed E-state index contributed by atoms with van der Waals surface area (Å²) in [5.41, 5.74) is 1.41. The summed E-state index contributed by atoms with van der Waals surface area (Å²) in [5, 5.41) is 0.664. The molecule has 0 aliphatic heterocycles. The Morgan fingerprint density at radius 3 is 1.02 bits per heavy atom. The fraction of sp³-hybridized carbons (Fsp3) is 0.211. The molecule has 0 saturated carbocycles. The summed E-state index contributed by atoms with van der Waals surface area (Å²) in [7, 11) is 5.77. The molecule has 2 unspecified atom stereocenters. The van der Waals surface area contributed by atoms with Crippen molar-refractivity contribution in [1.29, 1.82) is 0 Å². The molecule has 0 N–H and O–H groups in total. The van der Waals surface area contributed by atoms with Crippen molar-refractivity contribution in [3.63, 3.8) is 0 Å². The molecule has 0 bridgehead atoms. The maximum atomic E-state index is 17.1. The Bertz CT molecular complexity index is 1630. The molecule has 0 aliphatic carbocycles. The molecular weight excluding hydrogens is 599 g/mol. The molecule has 0 saturated heterocycles. The van der Waals surface area contributed by atoms with Crippen LogP contribution in [0, 0.1) is 0 Å². The first-order valence-electron chi connectivity index (χ1n) is 14.8. The normalized spacial score (nSPS) is 13.5. The molecule has 0 fully saturated rings. The predicted molar refractivity (Wildman–Crippen MR) is 182 cm³/mol. The number of ether oxygens (including phenoxy) is 6. The van der Waals surface area contributed by atoms with Gasteiger partial charge in [-0.2, -0.15) is 0 Å². The molecular formula is C38H39O7P. The van der Waals surface area contributed by atoms with Crippen molar-refractivity contribution in [3.8, 4) is 34.5 Å². The molecule has 5 aromatic rings. The summed E-state index contributed by atoms with van der Waals surface area (Å²) >= 11 is 0. The van der Waals surface area contributed by atoms with Gasteiger partial charge in [0.2, 0.25) is 0 Å². The monoisotopic (exact) mass is 638 g/mol. The van der Waals surface area contributed by atoms with E-state index >= 15 is 4.57 Å². The summed E-state index contributed by atoms with van der Waals surface area (Å²) < 4.78 is 52.4. The second-order valence-corrected chi connectivity index (χ2v) is 13.5. The lowest BCUT2D eigenvalue weighted by atomic mass is 10.0. The van der Waals surface area contributed by atoms with E-state index in [1.165, 1.54) is 0 Å². The zero-order valence-corrected chi connectivity index (χ0v) is 27.8. The van der Waals surface area contributed by atoms with Gasteiger partial charge >= 0.3 is 0 Å². The van der Waals surface area contributed by atoms with E-state index in [1.54, 1.807) is 66.9 Å². The predicted octanol–water partition coefficient (Wildman–Crippen LogP) is 8.31. The van der Waals surface area contributed by atoms with Gasteiger partial charge in [0.05, 0.1) is 65.1 Å². The maximum Gasteiger partial charge on any atom is 0.138 e. The Kier molecular flexibility index (Phi) is 10.2. The first kappa shape index (κ1) is 32.5. The van der Waals surface area contributed by atoms with Gasteiger partial charge in [-0.05, 0) is 11.1 Å². The summed E-state index contributed by atoms with van der Waals surface area (Å²) in [4.78, 5) is 0. The summed E-state index contributed by atoms with van der Waals surface area (Å²) in [5.74, 6) is 3.06. The van der Waals surface area contributed by atoms with Crippen LogP contribution in [0.1, 0.15) is 33.6 Å². The van der Waals surface area contributed by atoms with Gasteiger partial charge in [0.25, 0.3) is 0 Å². The molecule has 0 aromatic heterocycles. The van der Waals surface area contributed by atoms with E-state index in [0.717, 1.165) is 11.1 Å². The summed E-state index contributed by atoms with van der Waals surface area (Å²) in [6.45, 7) is 0. The van der Waals surface area contributed by atoms with Crippen LogP contribution in [0.15, 0.2) is 115 Å². The van der Waals surface area contributed by atoms with Crippen molar-refractivity contribution < 1.29 is 33.0 Å². The lowest BCUT2D eigenvalue weighted by molar-refractivity contribution is 0.367. The summed E-state index contributed by atoms with van der Waals surface area (Å²) in [6, 6.07) is 36.5. The van der Waals surface area contributed by atoms with Gasteiger partial charge in [0.15, 0.2) is 0 Å². The maximum absolute atomic E-state index is 17.1. The Morgan fingerprint density at radius 1 is 0.435 bits per heavy atom. The van der Waals surface area contributed by atoms with Gasteiger partial charge in [-0.1, -0.05) is 91.0 Å². The number of methoxy groups -OCH3 is 6. The van der Waals surface area contributed by atoms with Crippen molar-refractivity contribution >= 4 is 12.4 Å². The molecule has 5 aromatic carbocycles. The molecule has 0 aliphatic rings. The van der Waals surface area contributed by atoms with Crippen LogP contribution in [0.4, 0.5) is 0 Å². The third-order valence-corrected chi connectivity index (χ3v) is 12.0. The average molecular weight is 639 g/mol. The van der Waals surface area contributed by atoms with Gasteiger partial charge in [0.1, 0.15) is 41.6 Å². The van der Waals surface area contributed by atoms with Crippen LogP contribution in [0.2, 0.25) is 0 Å². The van der Waals surface area contributed by atoms with E-state index in [1.807, 2.05) is 91.0 Å². The Morgan fingerprint density at radius 2 is 0.739 bits per heavy atom. The molecule has 46 heavy (non-hydrogen) atoms. The van der Waals surface area contributed by atoms with Crippen molar-refractivity contribution in [2.75, 3.05) is 42.7 Å². The van der Waals surface area contributed by atoms with Gasteiger partial charge < -0.3 is 33.0 Å². The number of hydrogen-bond donors (Lipinski definition) is 0. The SMILES string of the molecule is COc1cc(OC)c(C(c2ccccc2)P(=O)(c2ccccc2)C(c2ccccc2)c2c(OC)cc(OC)cc2OC)c(OC)c1. The van der Waals surface area contributed by atoms with E-state index in [-0.39, 0.29) is 0 Å². The van der Waals surface area contributed by atoms with Crippen LogP contribution in [0.25, 0.3) is 0 Å². The highest BCUT2D eigenvalue weighted by atomic mass is 31.2. The molecule has 2 atom stereocenters. The van der Waals surface area contributed by atoms with E-state index in [4.69, 9.17) is 28.4 Å². The van der Waals surface area contributed by atoms with Crippen molar-refractivity contribution in [1.82, 2.24) is 0 Å². The highest BCUT2D eigenvalue weighted by Crippen LogP contribution is 2.74. The number of rotatable bonds is 13. The third-order valence-electron chi connectivity index (χ3n) is 8.21. The fourth-order valence-corrected chi connectivity index (χ4v) is 10.2. The first-order valence-corrected chi connectivity index (χ1v) is 16.6. The van der Waals surface area contributed by atoms with E-state index in [9.17, 15) is 0 Å². The summed E-state index contributed by atoms with van der Waals surface area (Å²) in [6.07, 6.45) is 0. The van der Waals surface area contributed by atoms with Gasteiger partial charge in [-0.3, -0.25) is 0 Å². The minimum atomic E-state index is -3.79. The van der Waals surface area contributed by atoms with Crippen LogP contribution in [-0.4, -0.2) is 42.7 Å². The molecule has 238 valence electrons. The highest BCUT2D eigenvalue weighted by Gasteiger charge is 2.49. The van der Waals surface area contributed by atoms with Gasteiger partial charge in [-0.25, -0.2) is 0 Å². The van der Waals surface area contributed by atoms with E-state index in [0.29, 0.717) is 50.9 Å². The second-order valence-electron chi connectivity index (χ2n) is 10.6. The highest BCUT2D eigenvalue weighted by molar-refractivity contribution is 7.72. The van der Waals surface area contributed by atoms with Crippen molar-refractivity contribution in [2.45, 2.75) is 11.3 Å². The second kappa shape index (κ2) is 14.5. The lowest BCUT2D eigenvalue weighted by Crippen LogP contribution is -2.21. The zero-order chi connectivity index (χ0) is 32.7. The first-order chi connectivity index (χ1) is 22.4. The molecule has 8 heteroatoms. The van der Waals surface area contributed by atoms with Gasteiger partial charge in [0, 0.05) is 29.6 Å². The average Bonchev–Trinajstić information content (AvgIpc) is 3.12. The Labute approximate surface area is 271 Å². The third kappa shape index (κ3) is 6.03. The molecule has 5 rings (SSSR count). The minimum absolute atomic E-state index is 0.488. The van der Waals surface area contributed by atoms with E-state index in [2.05, 4.69) is 0 Å². The Hall–Kier alpha value is -4.87. The molecule has 0 heterocycles. The fourth-order valence-electron chi connectivity index (χ4n) is 6.14. The van der Waals surface area contributed by atoms with Crippen LogP contribution >= 0.6 is 7.14 Å². The quantitative estimate of drug-likeness (QED) is 0.120. The zero-order valence-electron chi connectivity index (χ0n) is 26.9. The van der Waals surface area contributed by atoms with Crippen LogP contribution in [0.3, 0.4) is 0 Å². The van der Waals surface area contributed by atoms with Crippen LogP contribution in [-0.2, 0) is 4.57 Å². The molecule has 0 radical (unpaired) electrons. The van der Waals surface area contributed by atoms with Crippen LogP contribution in [0.5, 0.6) is 34.5 Å². The molecule has 7 nitrogen and oxygen atoms in total. The van der Waals surface area contributed by atoms with Gasteiger partial charge in [-0.15, -0.1) is 0 Å². The number of hydrogen-bond acceptors (Lipinski definition) is 7. The minimum Gasteiger partial charge on any atom is -0.496 e. The van der Waals surface area contributed by atoms with Crippen molar-refractivity contribution in [2.24, 2.45) is 0 Å².